The number of thioether (sulfide) groups is 1. The molecular formula is C18H11FN2O4S2. The van der Waals surface area contributed by atoms with E-state index in [1.165, 1.54) is 18.3 Å². The van der Waals surface area contributed by atoms with E-state index in [1.807, 2.05) is 0 Å². The second kappa shape index (κ2) is 6.07. The minimum absolute atomic E-state index is 0.0351. The standard InChI is InChI=1S/C18H11FN2O4S2/c1-11-17(22)26-18(23)21(11)16-10-20(15-5-3-2-4-14(15)16)27(24,25)13-8-6-12(19)7-9-13/h2-10H,1H2. The lowest BCUT2D eigenvalue weighted by Crippen LogP contribution is -2.20. The van der Waals surface area contributed by atoms with Gasteiger partial charge in [0.05, 0.1) is 21.8 Å². The molecule has 1 fully saturated rings. The average Bonchev–Trinajstić information content (AvgIpc) is 3.13. The summed E-state index contributed by atoms with van der Waals surface area (Å²) in [4.78, 5) is 25.0. The number of carbonyl (C=O) groups is 2. The number of amides is 1. The van der Waals surface area contributed by atoms with Gasteiger partial charge in [0.2, 0.25) is 5.12 Å². The molecule has 0 atom stereocenters. The highest BCUT2D eigenvalue weighted by molar-refractivity contribution is 8.27. The first-order valence-electron chi connectivity index (χ1n) is 7.67. The Labute approximate surface area is 157 Å². The monoisotopic (exact) mass is 402 g/mol. The molecule has 0 N–H and O–H groups in total. The summed E-state index contributed by atoms with van der Waals surface area (Å²) in [5, 5.41) is -0.571. The smallest absolute Gasteiger partial charge is 0.279 e. The highest BCUT2D eigenvalue weighted by Gasteiger charge is 2.37. The molecule has 6 nitrogen and oxygen atoms in total. The average molecular weight is 402 g/mol. The number of fused-ring (bicyclic) bond motifs is 1. The molecule has 1 aliphatic heterocycles. The molecule has 0 saturated carbocycles. The summed E-state index contributed by atoms with van der Waals surface area (Å²) in [6.45, 7) is 3.62. The molecule has 0 bridgehead atoms. The molecular weight excluding hydrogens is 391 g/mol. The predicted octanol–water partition coefficient (Wildman–Crippen LogP) is 3.73. The molecule has 1 saturated heterocycles. The predicted molar refractivity (Wildman–Crippen MR) is 101 cm³/mol. The highest BCUT2D eigenvalue weighted by atomic mass is 32.2. The van der Waals surface area contributed by atoms with Crippen LogP contribution in [0.4, 0.5) is 14.9 Å². The van der Waals surface area contributed by atoms with Crippen LogP contribution in [0.25, 0.3) is 10.9 Å². The van der Waals surface area contributed by atoms with Crippen molar-refractivity contribution >= 4 is 48.7 Å². The van der Waals surface area contributed by atoms with Crippen LogP contribution in [0.15, 0.2) is 71.9 Å². The van der Waals surface area contributed by atoms with Gasteiger partial charge >= 0.3 is 0 Å². The van der Waals surface area contributed by atoms with Crippen LogP contribution in [0.5, 0.6) is 0 Å². The van der Waals surface area contributed by atoms with Crippen molar-refractivity contribution in [2.24, 2.45) is 0 Å². The van der Waals surface area contributed by atoms with Gasteiger partial charge in [-0.25, -0.2) is 16.8 Å². The molecule has 0 aliphatic carbocycles. The number of halogens is 1. The Balaban J connectivity index is 1.96. The number of anilines is 1. The lowest BCUT2D eigenvalue weighted by atomic mass is 10.2. The van der Waals surface area contributed by atoms with Gasteiger partial charge in [-0.15, -0.1) is 0 Å². The van der Waals surface area contributed by atoms with Gasteiger partial charge in [0.1, 0.15) is 5.82 Å². The first-order valence-corrected chi connectivity index (χ1v) is 9.93. The normalized spacial score (nSPS) is 15.1. The van der Waals surface area contributed by atoms with Crippen molar-refractivity contribution < 1.29 is 22.4 Å². The summed E-state index contributed by atoms with van der Waals surface area (Å²) in [7, 11) is -4.05. The Morgan fingerprint density at radius 3 is 2.30 bits per heavy atom. The molecule has 27 heavy (non-hydrogen) atoms. The van der Waals surface area contributed by atoms with Gasteiger partial charge in [-0.1, -0.05) is 24.8 Å². The Kier molecular flexibility index (Phi) is 3.93. The molecule has 1 aliphatic rings. The largest absolute Gasteiger partial charge is 0.298 e. The van der Waals surface area contributed by atoms with Crippen LogP contribution >= 0.6 is 11.8 Å². The van der Waals surface area contributed by atoms with Gasteiger partial charge in [-0.3, -0.25) is 14.5 Å². The van der Waals surface area contributed by atoms with Crippen LogP contribution < -0.4 is 4.90 Å². The molecule has 0 radical (unpaired) electrons. The lowest BCUT2D eigenvalue weighted by Gasteiger charge is -2.13. The van der Waals surface area contributed by atoms with Crippen molar-refractivity contribution in [2.75, 3.05) is 4.90 Å². The van der Waals surface area contributed by atoms with Crippen molar-refractivity contribution in [3.63, 3.8) is 0 Å². The van der Waals surface area contributed by atoms with E-state index in [1.54, 1.807) is 24.3 Å². The van der Waals surface area contributed by atoms with E-state index in [-0.39, 0.29) is 16.3 Å². The van der Waals surface area contributed by atoms with Gasteiger partial charge in [0, 0.05) is 23.3 Å². The van der Waals surface area contributed by atoms with E-state index in [9.17, 15) is 22.4 Å². The fraction of sp³-hybridized carbons (Fsp3) is 0. The van der Waals surface area contributed by atoms with E-state index in [0.717, 1.165) is 21.0 Å². The zero-order valence-corrected chi connectivity index (χ0v) is 15.3. The number of rotatable bonds is 3. The van der Waals surface area contributed by atoms with E-state index in [4.69, 9.17) is 0 Å². The Morgan fingerprint density at radius 1 is 1.00 bits per heavy atom. The van der Waals surface area contributed by atoms with Gasteiger partial charge in [0.15, 0.2) is 0 Å². The Morgan fingerprint density at radius 2 is 1.67 bits per heavy atom. The van der Waals surface area contributed by atoms with Crippen LogP contribution in [-0.4, -0.2) is 22.7 Å². The third-order valence-electron chi connectivity index (χ3n) is 4.14. The maximum Gasteiger partial charge on any atom is 0.298 e. The zero-order valence-electron chi connectivity index (χ0n) is 13.6. The second-order valence-corrected chi connectivity index (χ2v) is 8.46. The summed E-state index contributed by atoms with van der Waals surface area (Å²) in [5.41, 5.74) is 0.526. The topological polar surface area (TPSA) is 76.5 Å². The van der Waals surface area contributed by atoms with E-state index < -0.39 is 26.2 Å². The van der Waals surface area contributed by atoms with Crippen molar-refractivity contribution in [1.29, 1.82) is 0 Å². The molecule has 3 aromatic rings. The maximum absolute atomic E-state index is 13.2. The molecule has 0 unspecified atom stereocenters. The molecule has 2 aromatic carbocycles. The molecule has 136 valence electrons. The third kappa shape index (κ3) is 2.66. The van der Waals surface area contributed by atoms with Crippen LogP contribution in [0.1, 0.15) is 0 Å². The molecule has 4 rings (SSSR count). The fourth-order valence-corrected chi connectivity index (χ4v) is 4.89. The molecule has 0 spiro atoms. The minimum atomic E-state index is -4.05. The number of nitrogens with zero attached hydrogens (tertiary/aromatic N) is 2. The third-order valence-corrected chi connectivity index (χ3v) is 6.60. The first-order chi connectivity index (χ1) is 12.8. The SMILES string of the molecule is C=C1C(=O)SC(=O)N1c1cn(S(=O)(=O)c2ccc(F)cc2)c2ccccc12. The number of hydrogen-bond acceptors (Lipinski definition) is 5. The maximum atomic E-state index is 13.2. The summed E-state index contributed by atoms with van der Waals surface area (Å²) in [5.74, 6) is -0.554. The number of hydrogen-bond donors (Lipinski definition) is 0. The summed E-state index contributed by atoms with van der Waals surface area (Å²) >= 11 is 0.503. The van der Waals surface area contributed by atoms with E-state index in [0.29, 0.717) is 22.7 Å². The highest BCUT2D eigenvalue weighted by Crippen LogP contribution is 2.39. The fourth-order valence-electron chi connectivity index (χ4n) is 2.86. The van der Waals surface area contributed by atoms with Crippen LogP contribution in [0, 0.1) is 5.82 Å². The second-order valence-electron chi connectivity index (χ2n) is 5.72. The molecule has 2 heterocycles. The van der Waals surface area contributed by atoms with Crippen molar-refractivity contribution in [3.8, 4) is 0 Å². The van der Waals surface area contributed by atoms with Gasteiger partial charge in [-0.2, -0.15) is 0 Å². The zero-order chi connectivity index (χ0) is 19.3. The molecule has 1 aromatic heterocycles. The van der Waals surface area contributed by atoms with Crippen LogP contribution in [-0.2, 0) is 14.8 Å². The lowest BCUT2D eigenvalue weighted by molar-refractivity contribution is -0.107. The van der Waals surface area contributed by atoms with Crippen molar-refractivity contribution in [1.82, 2.24) is 3.97 Å². The van der Waals surface area contributed by atoms with Crippen LogP contribution in [0.2, 0.25) is 0 Å². The van der Waals surface area contributed by atoms with Crippen LogP contribution in [0.3, 0.4) is 0 Å². The molecule has 9 heteroatoms. The van der Waals surface area contributed by atoms with Crippen molar-refractivity contribution in [3.05, 3.63) is 72.8 Å². The quantitative estimate of drug-likeness (QED) is 0.624. The van der Waals surface area contributed by atoms with E-state index >= 15 is 0 Å². The summed E-state index contributed by atoms with van der Waals surface area (Å²) in [6.07, 6.45) is 1.27. The summed E-state index contributed by atoms with van der Waals surface area (Å²) < 4.78 is 40.3. The van der Waals surface area contributed by atoms with Gasteiger partial charge in [0.25, 0.3) is 15.3 Å². The number of carbonyl (C=O) groups excluding carboxylic acids is 2. The first kappa shape index (κ1) is 17.5. The Hall–Kier alpha value is -2.91. The Bertz CT molecular complexity index is 1230. The summed E-state index contributed by atoms with van der Waals surface area (Å²) in [6, 6.07) is 11.0. The number of benzene rings is 2. The van der Waals surface area contributed by atoms with Gasteiger partial charge in [-0.05, 0) is 30.3 Å². The molecule has 1 amide bonds. The van der Waals surface area contributed by atoms with Gasteiger partial charge < -0.3 is 0 Å². The minimum Gasteiger partial charge on any atom is -0.279 e. The van der Waals surface area contributed by atoms with Crippen molar-refractivity contribution in [2.45, 2.75) is 4.90 Å². The number of aromatic nitrogens is 1. The number of para-hydroxylation sites is 1. The van der Waals surface area contributed by atoms with E-state index in [2.05, 4.69) is 6.58 Å².